The number of benzene rings is 6. The molecule has 0 saturated heterocycles. The van der Waals surface area contributed by atoms with E-state index in [0.29, 0.717) is 0 Å². The molecule has 7 aromatic rings. The molecule has 178 valence electrons. The molecule has 2 nitrogen and oxygen atoms in total. The molecule has 0 amide bonds. The molecule has 0 fully saturated rings. The molecule has 0 saturated carbocycles. The summed E-state index contributed by atoms with van der Waals surface area (Å²) in [6.45, 7) is 0. The first-order valence-electron chi connectivity index (χ1n) is 12.9. The van der Waals surface area contributed by atoms with Crippen molar-refractivity contribution >= 4 is 21.8 Å². The minimum atomic E-state index is 0.886. The molecule has 0 N–H and O–H groups in total. The van der Waals surface area contributed by atoms with Gasteiger partial charge in [-0.1, -0.05) is 140 Å². The maximum Gasteiger partial charge on any atom is 0.0979 e. The number of nitrogens with zero attached hydrogens (tertiary/aromatic N) is 2. The lowest BCUT2D eigenvalue weighted by Crippen LogP contribution is -1.99. The highest BCUT2D eigenvalue weighted by atomic mass is 14.8. The van der Waals surface area contributed by atoms with E-state index in [1.54, 1.807) is 0 Å². The Bertz CT molecular complexity index is 1890. The molecule has 0 aliphatic heterocycles. The first-order chi connectivity index (χ1) is 18.8. The molecule has 0 aliphatic carbocycles. The maximum absolute atomic E-state index is 5.40. The molecule has 6 aromatic carbocycles. The zero-order valence-corrected chi connectivity index (χ0v) is 20.8. The zero-order chi connectivity index (χ0) is 25.3. The standard InChI is InChI=1S/C36H24N2/c1-4-13-26(14-5-1)31-22-23-32(30-21-20-25-12-10-11-19-29(25)24-30)36-35(31)37-33(27-15-6-2-7-16-27)34(38-36)28-17-8-3-9-18-28/h1-24H. The van der Waals surface area contributed by atoms with Gasteiger partial charge in [0.05, 0.1) is 22.4 Å². The summed E-state index contributed by atoms with van der Waals surface area (Å²) in [6.07, 6.45) is 0. The van der Waals surface area contributed by atoms with Crippen molar-refractivity contribution in [1.29, 1.82) is 0 Å². The Hall–Kier alpha value is -5.08. The van der Waals surface area contributed by atoms with Crippen LogP contribution in [-0.4, -0.2) is 9.97 Å². The van der Waals surface area contributed by atoms with Gasteiger partial charge in [0.1, 0.15) is 0 Å². The number of hydrogen-bond acceptors (Lipinski definition) is 2. The zero-order valence-electron chi connectivity index (χ0n) is 20.8. The van der Waals surface area contributed by atoms with Crippen molar-refractivity contribution in [3.05, 3.63) is 146 Å². The highest BCUT2D eigenvalue weighted by molar-refractivity contribution is 6.04. The fraction of sp³-hybridized carbons (Fsp3) is 0. The number of fused-ring (bicyclic) bond motifs is 2. The van der Waals surface area contributed by atoms with E-state index in [1.165, 1.54) is 10.8 Å². The van der Waals surface area contributed by atoms with Crippen molar-refractivity contribution < 1.29 is 0 Å². The minimum absolute atomic E-state index is 0.886. The molecule has 0 bridgehead atoms. The van der Waals surface area contributed by atoms with Gasteiger partial charge in [-0.2, -0.15) is 0 Å². The molecule has 0 atom stereocenters. The second kappa shape index (κ2) is 9.42. The molecule has 1 heterocycles. The predicted molar refractivity (Wildman–Crippen MR) is 159 cm³/mol. The Morgan fingerprint density at radius 1 is 0.316 bits per heavy atom. The van der Waals surface area contributed by atoms with Crippen molar-refractivity contribution in [3.8, 4) is 44.8 Å². The van der Waals surface area contributed by atoms with Gasteiger partial charge in [-0.25, -0.2) is 9.97 Å². The lowest BCUT2D eigenvalue weighted by atomic mass is 9.95. The average Bonchev–Trinajstić information content (AvgIpc) is 3.01. The summed E-state index contributed by atoms with van der Waals surface area (Å²) in [7, 11) is 0. The highest BCUT2D eigenvalue weighted by Crippen LogP contribution is 2.39. The number of aromatic nitrogens is 2. The van der Waals surface area contributed by atoms with E-state index in [4.69, 9.17) is 9.97 Å². The number of rotatable bonds is 4. The van der Waals surface area contributed by atoms with E-state index in [9.17, 15) is 0 Å². The van der Waals surface area contributed by atoms with Gasteiger partial charge in [-0.3, -0.25) is 0 Å². The average molecular weight is 485 g/mol. The summed E-state index contributed by atoms with van der Waals surface area (Å²) in [6, 6.07) is 50.7. The molecular formula is C36H24N2. The van der Waals surface area contributed by atoms with E-state index in [1.807, 2.05) is 18.2 Å². The summed E-state index contributed by atoms with van der Waals surface area (Å²) in [5, 5.41) is 2.44. The smallest absolute Gasteiger partial charge is 0.0979 e. The maximum atomic E-state index is 5.40. The van der Waals surface area contributed by atoms with Crippen LogP contribution >= 0.6 is 0 Å². The molecule has 7 rings (SSSR count). The Labute approximate surface area is 221 Å². The Morgan fingerprint density at radius 3 is 1.32 bits per heavy atom. The Balaban J connectivity index is 1.58. The summed E-state index contributed by atoms with van der Waals surface area (Å²) < 4.78 is 0. The third-order valence-electron chi connectivity index (χ3n) is 7.06. The summed E-state index contributed by atoms with van der Waals surface area (Å²) in [5.74, 6) is 0. The monoisotopic (exact) mass is 484 g/mol. The van der Waals surface area contributed by atoms with Crippen LogP contribution in [0.5, 0.6) is 0 Å². The fourth-order valence-corrected chi connectivity index (χ4v) is 5.17. The van der Waals surface area contributed by atoms with E-state index in [2.05, 4.69) is 127 Å². The third kappa shape index (κ3) is 3.93. The van der Waals surface area contributed by atoms with Crippen molar-refractivity contribution in [3.63, 3.8) is 0 Å². The van der Waals surface area contributed by atoms with Gasteiger partial charge in [0, 0.05) is 22.3 Å². The van der Waals surface area contributed by atoms with Crippen LogP contribution in [0.1, 0.15) is 0 Å². The van der Waals surface area contributed by atoms with Crippen LogP contribution in [0.3, 0.4) is 0 Å². The van der Waals surface area contributed by atoms with Crippen molar-refractivity contribution in [2.24, 2.45) is 0 Å². The topological polar surface area (TPSA) is 25.8 Å². The minimum Gasteiger partial charge on any atom is -0.243 e. The van der Waals surface area contributed by atoms with Gasteiger partial charge in [0.2, 0.25) is 0 Å². The molecule has 38 heavy (non-hydrogen) atoms. The van der Waals surface area contributed by atoms with Crippen LogP contribution in [0.15, 0.2) is 146 Å². The summed E-state index contributed by atoms with van der Waals surface area (Å²) in [4.78, 5) is 10.8. The largest absolute Gasteiger partial charge is 0.243 e. The molecule has 2 heteroatoms. The van der Waals surface area contributed by atoms with Crippen molar-refractivity contribution in [1.82, 2.24) is 9.97 Å². The first kappa shape index (κ1) is 22.1. The van der Waals surface area contributed by atoms with Crippen molar-refractivity contribution in [2.45, 2.75) is 0 Å². The van der Waals surface area contributed by atoms with Gasteiger partial charge in [-0.05, 0) is 28.0 Å². The van der Waals surface area contributed by atoms with Crippen LogP contribution in [0.25, 0.3) is 66.6 Å². The molecule has 1 aromatic heterocycles. The molecule has 0 unspecified atom stereocenters. The predicted octanol–water partition coefficient (Wildman–Crippen LogP) is 9.45. The van der Waals surface area contributed by atoms with E-state index in [0.717, 1.165) is 55.8 Å². The second-order valence-electron chi connectivity index (χ2n) is 9.44. The number of hydrogen-bond donors (Lipinski definition) is 0. The Kier molecular flexibility index (Phi) is 5.49. The van der Waals surface area contributed by atoms with Crippen LogP contribution < -0.4 is 0 Å². The highest BCUT2D eigenvalue weighted by Gasteiger charge is 2.18. The summed E-state index contributed by atoms with van der Waals surface area (Å²) in [5.41, 5.74) is 10.1. The second-order valence-corrected chi connectivity index (χ2v) is 9.44. The van der Waals surface area contributed by atoms with Gasteiger partial charge < -0.3 is 0 Å². The van der Waals surface area contributed by atoms with E-state index in [-0.39, 0.29) is 0 Å². The van der Waals surface area contributed by atoms with Gasteiger partial charge in [0.15, 0.2) is 0 Å². The third-order valence-corrected chi connectivity index (χ3v) is 7.06. The van der Waals surface area contributed by atoms with Crippen LogP contribution in [0, 0.1) is 0 Å². The van der Waals surface area contributed by atoms with Crippen molar-refractivity contribution in [2.75, 3.05) is 0 Å². The van der Waals surface area contributed by atoms with Gasteiger partial charge >= 0.3 is 0 Å². The summed E-state index contributed by atoms with van der Waals surface area (Å²) >= 11 is 0. The van der Waals surface area contributed by atoms with E-state index < -0.39 is 0 Å². The normalized spacial score (nSPS) is 11.2. The lowest BCUT2D eigenvalue weighted by Gasteiger charge is -2.16. The van der Waals surface area contributed by atoms with E-state index >= 15 is 0 Å². The molecular weight excluding hydrogens is 460 g/mol. The first-order valence-corrected chi connectivity index (χ1v) is 12.9. The quantitative estimate of drug-likeness (QED) is 0.249. The fourth-order valence-electron chi connectivity index (χ4n) is 5.17. The van der Waals surface area contributed by atoms with Crippen LogP contribution in [-0.2, 0) is 0 Å². The van der Waals surface area contributed by atoms with Crippen LogP contribution in [0.4, 0.5) is 0 Å². The van der Waals surface area contributed by atoms with Crippen LogP contribution in [0.2, 0.25) is 0 Å². The van der Waals surface area contributed by atoms with Gasteiger partial charge in [0.25, 0.3) is 0 Å². The molecule has 0 spiro atoms. The Morgan fingerprint density at radius 2 is 0.763 bits per heavy atom. The van der Waals surface area contributed by atoms with Gasteiger partial charge in [-0.15, -0.1) is 0 Å². The SMILES string of the molecule is c1ccc(-c2nc3c(-c4ccccc4)ccc(-c4ccc5ccccc5c4)c3nc2-c2ccccc2)cc1. The lowest BCUT2D eigenvalue weighted by molar-refractivity contribution is 1.29. The molecule has 0 radical (unpaired) electrons. The molecule has 0 aliphatic rings.